The maximum absolute atomic E-state index is 13.3. The highest BCUT2D eigenvalue weighted by atomic mass is 32.1. The minimum Gasteiger partial charge on any atom is -0.462 e. The number of carbonyl (C=O) groups is 1. The number of anilines is 1. The van der Waals surface area contributed by atoms with Crippen LogP contribution in [-0.2, 0) is 4.74 Å². The lowest BCUT2D eigenvalue weighted by molar-refractivity contribution is 0.0527. The van der Waals surface area contributed by atoms with Crippen molar-refractivity contribution in [3.63, 3.8) is 0 Å². The van der Waals surface area contributed by atoms with Gasteiger partial charge in [-0.15, -0.1) is 11.3 Å². The number of carbonyl (C=O) groups excluding carboxylic acids is 1. The van der Waals surface area contributed by atoms with E-state index < -0.39 is 5.97 Å². The molecule has 8 nitrogen and oxygen atoms in total. The van der Waals surface area contributed by atoms with Crippen LogP contribution < -0.4 is 15.6 Å². The molecule has 9 heteroatoms. The highest BCUT2D eigenvalue weighted by Crippen LogP contribution is 2.33. The number of benzene rings is 1. The zero-order chi connectivity index (χ0) is 21.1. The van der Waals surface area contributed by atoms with E-state index in [4.69, 9.17) is 9.72 Å². The van der Waals surface area contributed by atoms with E-state index in [2.05, 4.69) is 15.2 Å². The molecule has 0 aliphatic carbocycles. The van der Waals surface area contributed by atoms with Crippen molar-refractivity contribution in [2.24, 2.45) is 11.8 Å². The van der Waals surface area contributed by atoms with Gasteiger partial charge in [0.2, 0.25) is 11.4 Å². The van der Waals surface area contributed by atoms with Crippen molar-refractivity contribution in [1.82, 2.24) is 19.7 Å². The largest absolute Gasteiger partial charge is 0.462 e. The molecular weight excluding hydrogens is 414 g/mol. The van der Waals surface area contributed by atoms with E-state index in [1.54, 1.807) is 13.1 Å². The van der Waals surface area contributed by atoms with Crippen LogP contribution >= 0.6 is 11.3 Å². The summed E-state index contributed by atoms with van der Waals surface area (Å²) in [7, 11) is 0. The Bertz CT molecular complexity index is 1400. The fourth-order valence-electron chi connectivity index (χ4n) is 4.84. The molecule has 158 valence electrons. The third kappa shape index (κ3) is 2.76. The number of aromatic nitrogens is 3. The SMILES string of the molecule is CCOC(=O)c1c(=O)c2cnc(N3CC4CNCC4C3)nc2n2c1sc1ccccc12. The van der Waals surface area contributed by atoms with Gasteiger partial charge in [0.15, 0.2) is 5.65 Å². The smallest absolute Gasteiger partial charge is 0.345 e. The Kier molecular flexibility index (Phi) is 4.22. The number of para-hydroxylation sites is 1. The monoisotopic (exact) mass is 435 g/mol. The molecule has 0 bridgehead atoms. The molecule has 2 aliphatic rings. The third-order valence-electron chi connectivity index (χ3n) is 6.32. The van der Waals surface area contributed by atoms with Crippen LogP contribution in [0.15, 0.2) is 35.3 Å². The first kappa shape index (κ1) is 18.7. The van der Waals surface area contributed by atoms with Crippen molar-refractivity contribution >= 4 is 49.3 Å². The number of pyridine rings is 1. The number of hydrogen-bond donors (Lipinski definition) is 1. The molecule has 0 amide bonds. The molecule has 2 fully saturated rings. The van der Waals surface area contributed by atoms with E-state index in [0.29, 0.717) is 33.6 Å². The number of fused-ring (bicyclic) bond motifs is 6. The Morgan fingerprint density at radius 3 is 2.81 bits per heavy atom. The number of thiazole rings is 1. The van der Waals surface area contributed by atoms with Crippen LogP contribution in [-0.4, -0.2) is 53.1 Å². The van der Waals surface area contributed by atoms with E-state index >= 15 is 0 Å². The molecule has 0 saturated carbocycles. The standard InChI is InChI=1S/C22H21N5O3S/c1-2-30-21(29)17-18(28)14-9-24-22(26-10-12-7-23-8-13(12)11-26)25-19(14)27-15-5-3-4-6-16(15)31-20(17)27/h3-6,9,12-13,23H,2,7-8,10-11H2,1H3. The fraction of sp³-hybridized carbons (Fsp3) is 0.364. The van der Waals surface area contributed by atoms with Gasteiger partial charge in [-0.1, -0.05) is 12.1 Å². The Labute approximate surface area is 181 Å². The highest BCUT2D eigenvalue weighted by molar-refractivity contribution is 7.24. The quantitative estimate of drug-likeness (QED) is 0.494. The summed E-state index contributed by atoms with van der Waals surface area (Å²) in [5.41, 5.74) is 1.11. The van der Waals surface area contributed by atoms with Crippen LogP contribution in [0.2, 0.25) is 0 Å². The molecule has 2 aliphatic heterocycles. The summed E-state index contributed by atoms with van der Waals surface area (Å²) in [5.74, 6) is 1.24. The molecule has 2 atom stereocenters. The molecule has 0 radical (unpaired) electrons. The number of ether oxygens (including phenoxy) is 1. The fourth-order valence-corrected chi connectivity index (χ4v) is 6.01. The summed E-state index contributed by atoms with van der Waals surface area (Å²) < 4.78 is 8.09. The highest BCUT2D eigenvalue weighted by Gasteiger charge is 2.37. The molecule has 2 saturated heterocycles. The van der Waals surface area contributed by atoms with Crippen molar-refractivity contribution in [3.05, 3.63) is 46.2 Å². The number of rotatable bonds is 3. The molecule has 1 N–H and O–H groups in total. The van der Waals surface area contributed by atoms with E-state index in [1.807, 2.05) is 28.7 Å². The molecule has 6 rings (SSSR count). The minimum atomic E-state index is -0.609. The van der Waals surface area contributed by atoms with Crippen molar-refractivity contribution in [1.29, 1.82) is 0 Å². The molecule has 0 spiro atoms. The van der Waals surface area contributed by atoms with Crippen molar-refractivity contribution in [3.8, 4) is 0 Å². The number of hydrogen-bond acceptors (Lipinski definition) is 8. The molecule has 5 heterocycles. The second kappa shape index (κ2) is 7.00. The second-order valence-corrected chi connectivity index (χ2v) is 9.16. The Hall–Kier alpha value is -3.04. The lowest BCUT2D eigenvalue weighted by Crippen LogP contribution is -2.27. The predicted molar refractivity (Wildman–Crippen MR) is 120 cm³/mol. The topological polar surface area (TPSA) is 88.8 Å². The van der Waals surface area contributed by atoms with Gasteiger partial charge >= 0.3 is 5.97 Å². The minimum absolute atomic E-state index is 0.0497. The normalized spacial score (nSPS) is 20.7. The van der Waals surface area contributed by atoms with E-state index in [1.165, 1.54) is 11.3 Å². The number of esters is 1. The van der Waals surface area contributed by atoms with E-state index in [-0.39, 0.29) is 17.6 Å². The van der Waals surface area contributed by atoms with Gasteiger partial charge in [0.05, 0.1) is 22.2 Å². The summed E-state index contributed by atoms with van der Waals surface area (Å²) in [6.07, 6.45) is 1.56. The maximum Gasteiger partial charge on any atom is 0.345 e. The second-order valence-electron chi connectivity index (χ2n) is 8.13. The molecule has 3 aromatic heterocycles. The van der Waals surface area contributed by atoms with Gasteiger partial charge in [-0.05, 0) is 30.9 Å². The first-order valence-electron chi connectivity index (χ1n) is 10.5. The molecular formula is C22H21N5O3S. The Morgan fingerprint density at radius 1 is 1.26 bits per heavy atom. The first-order valence-corrected chi connectivity index (χ1v) is 11.3. The van der Waals surface area contributed by atoms with E-state index in [9.17, 15) is 9.59 Å². The van der Waals surface area contributed by atoms with Gasteiger partial charge in [-0.25, -0.2) is 9.78 Å². The number of nitrogens with zero attached hydrogens (tertiary/aromatic N) is 4. The van der Waals surface area contributed by atoms with Gasteiger partial charge in [-0.3, -0.25) is 9.20 Å². The average Bonchev–Trinajstić information content (AvgIpc) is 3.47. The third-order valence-corrected chi connectivity index (χ3v) is 7.47. The van der Waals surface area contributed by atoms with Gasteiger partial charge in [0.25, 0.3) is 0 Å². The first-order chi connectivity index (χ1) is 15.2. The van der Waals surface area contributed by atoms with Gasteiger partial charge in [0, 0.05) is 32.4 Å². The summed E-state index contributed by atoms with van der Waals surface area (Å²) in [4.78, 5) is 38.2. The lowest BCUT2D eigenvalue weighted by Gasteiger charge is -2.18. The summed E-state index contributed by atoms with van der Waals surface area (Å²) in [5, 5.41) is 3.77. The van der Waals surface area contributed by atoms with Gasteiger partial charge in [-0.2, -0.15) is 4.98 Å². The number of nitrogens with one attached hydrogen (secondary N) is 1. The zero-order valence-electron chi connectivity index (χ0n) is 17.0. The van der Waals surface area contributed by atoms with E-state index in [0.717, 1.165) is 36.4 Å². The van der Waals surface area contributed by atoms with Crippen LogP contribution in [0.3, 0.4) is 0 Å². The average molecular weight is 436 g/mol. The Morgan fingerprint density at radius 2 is 2.03 bits per heavy atom. The molecule has 1 aromatic carbocycles. The van der Waals surface area contributed by atoms with Crippen molar-refractivity contribution in [2.75, 3.05) is 37.7 Å². The predicted octanol–water partition coefficient (Wildman–Crippen LogP) is 2.29. The molecule has 2 unspecified atom stereocenters. The summed E-state index contributed by atoms with van der Waals surface area (Å²) in [6, 6.07) is 7.85. The zero-order valence-corrected chi connectivity index (χ0v) is 17.8. The molecule has 4 aromatic rings. The van der Waals surface area contributed by atoms with Crippen molar-refractivity contribution < 1.29 is 9.53 Å². The van der Waals surface area contributed by atoms with Crippen LogP contribution in [0.1, 0.15) is 17.3 Å². The van der Waals surface area contributed by atoms with Crippen LogP contribution in [0.4, 0.5) is 5.95 Å². The maximum atomic E-state index is 13.3. The summed E-state index contributed by atoms with van der Waals surface area (Å²) in [6.45, 7) is 5.80. The summed E-state index contributed by atoms with van der Waals surface area (Å²) >= 11 is 1.40. The van der Waals surface area contributed by atoms with Gasteiger partial charge in [0.1, 0.15) is 10.4 Å². The lowest BCUT2D eigenvalue weighted by atomic mass is 10.0. The molecule has 31 heavy (non-hydrogen) atoms. The van der Waals surface area contributed by atoms with Crippen LogP contribution in [0.5, 0.6) is 0 Å². The van der Waals surface area contributed by atoms with Crippen LogP contribution in [0.25, 0.3) is 26.1 Å². The van der Waals surface area contributed by atoms with Crippen molar-refractivity contribution in [2.45, 2.75) is 6.92 Å². The van der Waals surface area contributed by atoms with Gasteiger partial charge < -0.3 is 15.0 Å². The Balaban J connectivity index is 1.62. The van der Waals surface area contributed by atoms with Crippen LogP contribution in [0, 0.1) is 11.8 Å².